The average Bonchev–Trinajstić information content (AvgIpc) is 2.70. The van der Waals surface area contributed by atoms with Gasteiger partial charge in [-0.15, -0.1) is 0 Å². The Hall–Kier alpha value is -2.02. The molecule has 0 saturated heterocycles. The zero-order chi connectivity index (χ0) is 21.3. The van der Waals surface area contributed by atoms with Crippen molar-refractivity contribution >= 4 is 17.7 Å². The molecule has 0 fully saturated rings. The molecule has 2 aromatic carbocycles. The van der Waals surface area contributed by atoms with Gasteiger partial charge in [0.15, 0.2) is 0 Å². The van der Waals surface area contributed by atoms with Crippen LogP contribution in [0.5, 0.6) is 5.75 Å². The molecular formula is C23H31NO4S. The van der Waals surface area contributed by atoms with Gasteiger partial charge in [-0.2, -0.15) is 11.8 Å². The molecule has 2 N–H and O–H groups in total. The lowest BCUT2D eigenvalue weighted by Gasteiger charge is -2.27. The number of aliphatic carboxylic acids is 1. The van der Waals surface area contributed by atoms with Crippen LogP contribution in [-0.2, 0) is 16.1 Å². The van der Waals surface area contributed by atoms with Crippen LogP contribution in [-0.4, -0.2) is 41.3 Å². The highest BCUT2D eigenvalue weighted by molar-refractivity contribution is 8.00. The van der Waals surface area contributed by atoms with E-state index < -0.39 is 12.0 Å². The van der Waals surface area contributed by atoms with Crippen molar-refractivity contribution in [2.24, 2.45) is 0 Å². The Morgan fingerprint density at radius 1 is 1.10 bits per heavy atom. The summed E-state index contributed by atoms with van der Waals surface area (Å²) in [5.41, 5.74) is 2.04. The standard InChI is InChI=1S/C23H31NO4S/c1-23(2,3)29-16-21(18-10-12-19(27-4)13-11-18)24-20(22(25)26)15-28-14-17-8-6-5-7-9-17/h5-13,20-21,24H,14-16H2,1-4H3,(H,25,26)/t20-,21+/m0/s1. The fourth-order valence-corrected chi connectivity index (χ4v) is 3.67. The van der Waals surface area contributed by atoms with Gasteiger partial charge < -0.3 is 14.6 Å². The third-order valence-corrected chi connectivity index (χ3v) is 5.66. The first-order valence-electron chi connectivity index (χ1n) is 9.67. The molecule has 5 nitrogen and oxygen atoms in total. The minimum absolute atomic E-state index is 0.0783. The number of carboxylic acids is 1. The first-order chi connectivity index (χ1) is 13.8. The second-order valence-electron chi connectivity index (χ2n) is 7.81. The Morgan fingerprint density at radius 2 is 1.76 bits per heavy atom. The maximum Gasteiger partial charge on any atom is 0.323 e. The topological polar surface area (TPSA) is 67.8 Å². The highest BCUT2D eigenvalue weighted by Crippen LogP contribution is 2.29. The van der Waals surface area contributed by atoms with Crippen LogP contribution < -0.4 is 10.1 Å². The summed E-state index contributed by atoms with van der Waals surface area (Å²) in [7, 11) is 1.63. The molecule has 0 unspecified atom stereocenters. The fraction of sp³-hybridized carbons (Fsp3) is 0.435. The number of carbonyl (C=O) groups is 1. The van der Waals surface area contributed by atoms with E-state index in [2.05, 4.69) is 26.1 Å². The van der Waals surface area contributed by atoms with E-state index in [-0.39, 0.29) is 17.4 Å². The summed E-state index contributed by atoms with van der Waals surface area (Å²) in [5.74, 6) is 0.604. The Morgan fingerprint density at radius 3 is 2.31 bits per heavy atom. The van der Waals surface area contributed by atoms with Crippen LogP contribution in [0.2, 0.25) is 0 Å². The van der Waals surface area contributed by atoms with Crippen molar-refractivity contribution in [2.75, 3.05) is 19.5 Å². The average molecular weight is 418 g/mol. The van der Waals surface area contributed by atoms with E-state index in [9.17, 15) is 9.90 Å². The van der Waals surface area contributed by atoms with Gasteiger partial charge in [0.25, 0.3) is 0 Å². The number of hydrogen-bond donors (Lipinski definition) is 2. The lowest BCUT2D eigenvalue weighted by Crippen LogP contribution is -2.43. The van der Waals surface area contributed by atoms with Crippen molar-refractivity contribution in [3.63, 3.8) is 0 Å². The number of ether oxygens (including phenoxy) is 2. The van der Waals surface area contributed by atoms with Gasteiger partial charge in [-0.25, -0.2) is 0 Å². The van der Waals surface area contributed by atoms with Crippen molar-refractivity contribution in [1.82, 2.24) is 5.32 Å². The molecule has 2 atom stereocenters. The Balaban J connectivity index is 2.06. The predicted molar refractivity (Wildman–Crippen MR) is 119 cm³/mol. The molecule has 0 aliphatic heterocycles. The summed E-state index contributed by atoms with van der Waals surface area (Å²) in [4.78, 5) is 11.8. The second kappa shape index (κ2) is 11.2. The normalized spacial score (nSPS) is 13.7. The highest BCUT2D eigenvalue weighted by atomic mass is 32.2. The summed E-state index contributed by atoms with van der Waals surface area (Å²) >= 11 is 1.79. The molecule has 0 spiro atoms. The van der Waals surface area contributed by atoms with Crippen LogP contribution in [0.4, 0.5) is 0 Å². The van der Waals surface area contributed by atoms with Crippen LogP contribution in [0, 0.1) is 0 Å². The minimum atomic E-state index is -0.919. The van der Waals surface area contributed by atoms with Gasteiger partial charge in [-0.05, 0) is 23.3 Å². The molecule has 0 amide bonds. The molecule has 0 heterocycles. The molecule has 2 rings (SSSR count). The highest BCUT2D eigenvalue weighted by Gasteiger charge is 2.25. The van der Waals surface area contributed by atoms with Crippen LogP contribution in [0.1, 0.15) is 37.9 Å². The largest absolute Gasteiger partial charge is 0.497 e. The van der Waals surface area contributed by atoms with Crippen molar-refractivity contribution in [2.45, 2.75) is 44.2 Å². The maximum absolute atomic E-state index is 11.8. The van der Waals surface area contributed by atoms with Crippen LogP contribution in [0.25, 0.3) is 0 Å². The van der Waals surface area contributed by atoms with Crippen molar-refractivity contribution in [1.29, 1.82) is 0 Å². The first-order valence-corrected chi connectivity index (χ1v) is 10.7. The lowest BCUT2D eigenvalue weighted by atomic mass is 10.1. The monoisotopic (exact) mass is 417 g/mol. The van der Waals surface area contributed by atoms with Gasteiger partial charge in [-0.1, -0.05) is 63.2 Å². The number of nitrogens with one attached hydrogen (secondary N) is 1. The molecular weight excluding hydrogens is 386 g/mol. The Labute approximate surface area is 177 Å². The number of rotatable bonds is 11. The number of methoxy groups -OCH3 is 1. The molecule has 0 saturated carbocycles. The molecule has 6 heteroatoms. The maximum atomic E-state index is 11.8. The van der Waals surface area contributed by atoms with Gasteiger partial charge in [0.1, 0.15) is 11.8 Å². The molecule has 158 valence electrons. The van der Waals surface area contributed by atoms with E-state index in [1.807, 2.05) is 54.6 Å². The predicted octanol–water partition coefficient (Wildman–Crippen LogP) is 4.53. The quantitative estimate of drug-likeness (QED) is 0.560. The smallest absolute Gasteiger partial charge is 0.323 e. The summed E-state index contributed by atoms with van der Waals surface area (Å²) in [6.45, 7) is 6.94. The van der Waals surface area contributed by atoms with Crippen molar-refractivity contribution < 1.29 is 19.4 Å². The minimum Gasteiger partial charge on any atom is -0.497 e. The van der Waals surface area contributed by atoms with Crippen LogP contribution in [0.15, 0.2) is 54.6 Å². The fourth-order valence-electron chi connectivity index (χ4n) is 2.71. The molecule has 0 aromatic heterocycles. The zero-order valence-corrected chi connectivity index (χ0v) is 18.4. The summed E-state index contributed by atoms with van der Waals surface area (Å²) < 4.78 is 11.0. The van der Waals surface area contributed by atoms with E-state index in [0.717, 1.165) is 22.6 Å². The van der Waals surface area contributed by atoms with Gasteiger partial charge >= 0.3 is 5.97 Å². The molecule has 0 aliphatic rings. The summed E-state index contributed by atoms with van der Waals surface area (Å²) in [6.07, 6.45) is 0. The Bertz CT molecular complexity index is 744. The van der Waals surface area contributed by atoms with Crippen LogP contribution in [0.3, 0.4) is 0 Å². The van der Waals surface area contributed by atoms with Gasteiger partial charge in [0.05, 0.1) is 20.3 Å². The van der Waals surface area contributed by atoms with Crippen molar-refractivity contribution in [3.8, 4) is 5.75 Å². The van der Waals surface area contributed by atoms with E-state index in [4.69, 9.17) is 9.47 Å². The third kappa shape index (κ3) is 8.48. The molecule has 0 radical (unpaired) electrons. The first kappa shape index (κ1) is 23.3. The van der Waals surface area contributed by atoms with Gasteiger partial charge in [0, 0.05) is 16.5 Å². The SMILES string of the molecule is COc1ccc([C@@H](CSC(C)(C)C)N[C@@H](COCc2ccccc2)C(=O)O)cc1. The van der Waals surface area contributed by atoms with Crippen molar-refractivity contribution in [3.05, 3.63) is 65.7 Å². The summed E-state index contributed by atoms with van der Waals surface area (Å²) in [6, 6.07) is 16.6. The van der Waals surface area contributed by atoms with Gasteiger partial charge in [-0.3, -0.25) is 10.1 Å². The molecule has 2 aromatic rings. The summed E-state index contributed by atoms with van der Waals surface area (Å²) in [5, 5.41) is 13.0. The third-order valence-electron chi connectivity index (χ3n) is 4.30. The van der Waals surface area contributed by atoms with E-state index in [1.165, 1.54) is 0 Å². The van der Waals surface area contributed by atoms with Gasteiger partial charge in [0.2, 0.25) is 0 Å². The number of carboxylic acid groups (broad SMARTS) is 1. The zero-order valence-electron chi connectivity index (χ0n) is 17.6. The number of hydrogen-bond acceptors (Lipinski definition) is 5. The molecule has 29 heavy (non-hydrogen) atoms. The van der Waals surface area contributed by atoms with E-state index in [0.29, 0.717) is 6.61 Å². The van der Waals surface area contributed by atoms with Crippen LogP contribution >= 0.6 is 11.8 Å². The number of thioether (sulfide) groups is 1. The number of benzene rings is 2. The Kier molecular flexibility index (Phi) is 9.01. The molecule has 0 aliphatic carbocycles. The van der Waals surface area contributed by atoms with E-state index in [1.54, 1.807) is 18.9 Å². The molecule has 0 bridgehead atoms. The van der Waals surface area contributed by atoms with E-state index >= 15 is 0 Å². The second-order valence-corrected chi connectivity index (χ2v) is 9.65. The lowest BCUT2D eigenvalue weighted by molar-refractivity contribution is -0.141.